The first-order valence-corrected chi connectivity index (χ1v) is 8.45. The van der Waals surface area contributed by atoms with Gasteiger partial charge < -0.3 is 4.90 Å². The molecule has 1 saturated heterocycles. The van der Waals surface area contributed by atoms with E-state index in [1.165, 1.54) is 13.3 Å². The first-order valence-electron chi connectivity index (χ1n) is 8.45. The minimum absolute atomic E-state index is 0.187. The van der Waals surface area contributed by atoms with Crippen molar-refractivity contribution in [3.63, 3.8) is 0 Å². The quantitative estimate of drug-likeness (QED) is 0.636. The molecule has 1 aromatic rings. The molecule has 0 bridgehead atoms. The number of benzene rings is 1. The van der Waals surface area contributed by atoms with Crippen LogP contribution in [0.4, 0.5) is 5.69 Å². The van der Waals surface area contributed by atoms with Gasteiger partial charge in [-0.2, -0.15) is 0 Å². The Morgan fingerprint density at radius 1 is 1.04 bits per heavy atom. The molecule has 2 aliphatic rings. The summed E-state index contributed by atoms with van der Waals surface area (Å²) in [4.78, 5) is 38.7. The lowest BCUT2D eigenvalue weighted by atomic mass is 9.77. The lowest BCUT2D eigenvalue weighted by Crippen LogP contribution is -2.43. The van der Waals surface area contributed by atoms with Gasteiger partial charge in [0.2, 0.25) is 5.78 Å². The minimum Gasteiger partial charge on any atom is -0.301 e. The molecule has 4 nitrogen and oxygen atoms in total. The Bertz CT molecular complexity index is 629. The van der Waals surface area contributed by atoms with Crippen molar-refractivity contribution in [2.45, 2.75) is 52.0 Å². The van der Waals surface area contributed by atoms with Crippen molar-refractivity contribution in [3.05, 3.63) is 29.8 Å². The van der Waals surface area contributed by atoms with Crippen LogP contribution in [0.5, 0.6) is 0 Å². The lowest BCUT2D eigenvalue weighted by Gasteiger charge is -2.35. The zero-order valence-corrected chi connectivity index (χ0v) is 13.7. The van der Waals surface area contributed by atoms with Gasteiger partial charge in [-0.3, -0.25) is 14.4 Å². The summed E-state index contributed by atoms with van der Waals surface area (Å²) in [6.45, 7) is 3.42. The van der Waals surface area contributed by atoms with Gasteiger partial charge in [0.25, 0.3) is 5.91 Å². The third kappa shape index (κ3) is 2.82. The topological polar surface area (TPSA) is 54.5 Å². The van der Waals surface area contributed by atoms with E-state index in [1.807, 2.05) is 31.2 Å². The molecule has 23 heavy (non-hydrogen) atoms. The molecule has 3 rings (SSSR count). The van der Waals surface area contributed by atoms with Crippen molar-refractivity contribution < 1.29 is 14.4 Å². The van der Waals surface area contributed by atoms with Crippen LogP contribution in [-0.4, -0.2) is 23.5 Å². The number of hydrogen-bond acceptors (Lipinski definition) is 3. The van der Waals surface area contributed by atoms with Crippen molar-refractivity contribution in [3.8, 4) is 0 Å². The number of anilines is 1. The van der Waals surface area contributed by atoms with Gasteiger partial charge in [-0.05, 0) is 44.7 Å². The lowest BCUT2D eigenvalue weighted by molar-refractivity contribution is -0.138. The van der Waals surface area contributed by atoms with Crippen LogP contribution >= 0.6 is 0 Å². The molecule has 0 N–H and O–H groups in total. The fourth-order valence-electron chi connectivity index (χ4n) is 4.07. The van der Waals surface area contributed by atoms with Gasteiger partial charge in [-0.15, -0.1) is 0 Å². The number of hydrogen-bond donors (Lipinski definition) is 0. The fraction of sp³-hybridized carbons (Fsp3) is 0.526. The molecule has 1 aliphatic heterocycles. The van der Waals surface area contributed by atoms with Crippen molar-refractivity contribution in [1.29, 1.82) is 0 Å². The summed E-state index contributed by atoms with van der Waals surface area (Å²) in [7, 11) is 0. The van der Waals surface area contributed by atoms with Crippen LogP contribution in [-0.2, 0) is 14.4 Å². The predicted molar refractivity (Wildman–Crippen MR) is 88.2 cm³/mol. The number of nitrogens with zero attached hydrogens (tertiary/aromatic N) is 1. The number of aryl methyl sites for hydroxylation is 1. The van der Waals surface area contributed by atoms with Crippen molar-refractivity contribution >= 4 is 23.2 Å². The molecule has 1 unspecified atom stereocenters. The van der Waals surface area contributed by atoms with Crippen LogP contribution in [0.25, 0.3) is 0 Å². The molecule has 2 atom stereocenters. The third-order valence-electron chi connectivity index (χ3n) is 5.23. The van der Waals surface area contributed by atoms with Gasteiger partial charge >= 0.3 is 0 Å². The summed E-state index contributed by atoms with van der Waals surface area (Å²) >= 11 is 0. The Labute approximate surface area is 136 Å². The molecule has 4 heteroatoms. The molecule has 0 radical (unpaired) electrons. The van der Waals surface area contributed by atoms with E-state index in [9.17, 15) is 14.4 Å². The second kappa shape index (κ2) is 6.26. The van der Waals surface area contributed by atoms with Crippen LogP contribution in [0.15, 0.2) is 24.3 Å². The highest BCUT2D eigenvalue weighted by Gasteiger charge is 2.52. The first-order chi connectivity index (χ1) is 11.0. The van der Waals surface area contributed by atoms with Gasteiger partial charge in [0.05, 0.1) is 6.04 Å². The number of carbonyl (C=O) groups excluding carboxylic acids is 3. The molecule has 1 heterocycles. The molecule has 2 fully saturated rings. The molecule has 122 valence electrons. The molecule has 1 aliphatic carbocycles. The summed E-state index contributed by atoms with van der Waals surface area (Å²) < 4.78 is 0. The molecular weight excluding hydrogens is 290 g/mol. The third-order valence-corrected chi connectivity index (χ3v) is 5.23. The minimum atomic E-state index is -0.799. The summed E-state index contributed by atoms with van der Waals surface area (Å²) in [6.07, 6.45) is 5.38. The van der Waals surface area contributed by atoms with E-state index in [-0.39, 0.29) is 17.7 Å². The van der Waals surface area contributed by atoms with Gasteiger partial charge in [0.1, 0.15) is 11.7 Å². The van der Waals surface area contributed by atoms with Crippen LogP contribution in [0.2, 0.25) is 0 Å². The fourth-order valence-corrected chi connectivity index (χ4v) is 4.07. The van der Waals surface area contributed by atoms with Crippen LogP contribution in [0, 0.1) is 18.8 Å². The maximum Gasteiger partial charge on any atom is 0.295 e. The Hall–Kier alpha value is -1.97. The maximum absolute atomic E-state index is 12.6. The van der Waals surface area contributed by atoms with E-state index in [1.54, 1.807) is 4.90 Å². The number of Topliss-reactive ketones (excluding diaryl/α,β-unsaturated/α-hetero) is 2. The molecule has 0 aromatic heterocycles. The zero-order chi connectivity index (χ0) is 16.6. The molecule has 1 aromatic carbocycles. The second-order valence-corrected chi connectivity index (χ2v) is 6.85. The number of ketones is 2. The van der Waals surface area contributed by atoms with E-state index in [0.29, 0.717) is 0 Å². The second-order valence-electron chi connectivity index (χ2n) is 6.85. The van der Waals surface area contributed by atoms with Crippen molar-refractivity contribution in [2.24, 2.45) is 11.8 Å². The molecular formula is C19H23NO3. The van der Waals surface area contributed by atoms with Gasteiger partial charge in [-0.25, -0.2) is 0 Å². The monoisotopic (exact) mass is 313 g/mol. The largest absolute Gasteiger partial charge is 0.301 e. The van der Waals surface area contributed by atoms with Crippen molar-refractivity contribution in [1.82, 2.24) is 0 Å². The van der Waals surface area contributed by atoms with E-state index < -0.39 is 17.6 Å². The molecule has 1 amide bonds. The Balaban J connectivity index is 2.02. The van der Waals surface area contributed by atoms with Crippen LogP contribution in [0.3, 0.4) is 0 Å². The first kappa shape index (κ1) is 15.9. The summed E-state index contributed by atoms with van der Waals surface area (Å²) in [5.41, 5.74) is 1.83. The van der Waals surface area contributed by atoms with E-state index in [4.69, 9.17) is 0 Å². The Morgan fingerprint density at radius 3 is 2.22 bits per heavy atom. The normalized spacial score (nSPS) is 25.9. The highest BCUT2D eigenvalue weighted by atomic mass is 16.2. The van der Waals surface area contributed by atoms with Gasteiger partial charge in [0, 0.05) is 5.69 Å². The summed E-state index contributed by atoms with van der Waals surface area (Å²) in [6, 6.07) is 7.31. The Morgan fingerprint density at radius 2 is 1.65 bits per heavy atom. The van der Waals surface area contributed by atoms with Crippen molar-refractivity contribution in [2.75, 3.05) is 4.90 Å². The van der Waals surface area contributed by atoms with Gasteiger partial charge in [0.15, 0.2) is 0 Å². The zero-order valence-electron chi connectivity index (χ0n) is 13.7. The average molecular weight is 313 g/mol. The molecule has 1 saturated carbocycles. The number of rotatable bonds is 3. The highest BCUT2D eigenvalue weighted by Crippen LogP contribution is 2.39. The van der Waals surface area contributed by atoms with Crippen LogP contribution < -0.4 is 4.90 Å². The van der Waals surface area contributed by atoms with E-state index >= 15 is 0 Å². The standard InChI is InChI=1S/C19H23NO3/c1-12-8-10-15(11-9-12)20-17(14-6-4-3-5-7-14)16(13(2)21)18(22)19(20)23/h8-11,14,16-17H,3-7H2,1-2H3/t16?,17-/m1/s1. The van der Waals surface area contributed by atoms with Gasteiger partial charge in [-0.1, -0.05) is 37.0 Å². The number of carbonyl (C=O) groups is 3. The predicted octanol–water partition coefficient (Wildman–Crippen LogP) is 3.06. The van der Waals surface area contributed by atoms with E-state index in [0.717, 1.165) is 36.9 Å². The average Bonchev–Trinajstić information content (AvgIpc) is 2.81. The SMILES string of the molecule is CC(=O)C1C(=O)C(=O)N(c2ccc(C)cc2)[C@@H]1C1CCCCC1. The highest BCUT2D eigenvalue weighted by molar-refractivity contribution is 6.48. The molecule has 0 spiro atoms. The maximum atomic E-state index is 12.6. The number of amides is 1. The van der Waals surface area contributed by atoms with E-state index in [2.05, 4.69) is 0 Å². The Kier molecular flexibility index (Phi) is 4.33. The van der Waals surface area contributed by atoms with Crippen LogP contribution in [0.1, 0.15) is 44.6 Å². The smallest absolute Gasteiger partial charge is 0.295 e. The summed E-state index contributed by atoms with van der Waals surface area (Å²) in [5.74, 6) is -1.81. The summed E-state index contributed by atoms with van der Waals surface area (Å²) in [5, 5.41) is 0.